The van der Waals surface area contributed by atoms with Crippen LogP contribution in [0.2, 0.25) is 0 Å². The summed E-state index contributed by atoms with van der Waals surface area (Å²) >= 11 is 0. The quantitative estimate of drug-likeness (QED) is 0.692. The van der Waals surface area contributed by atoms with Crippen LogP contribution in [0.3, 0.4) is 0 Å². The number of carbonyl (C=O) groups is 1. The van der Waals surface area contributed by atoms with Crippen LogP contribution >= 0.6 is 24.8 Å². The number of rotatable bonds is 7. The van der Waals surface area contributed by atoms with E-state index in [1.807, 2.05) is 19.3 Å². The van der Waals surface area contributed by atoms with Gasteiger partial charge in [0.1, 0.15) is 6.04 Å². The zero-order valence-corrected chi connectivity index (χ0v) is 19.1. The molecular weight excluding hydrogens is 409 g/mol. The Hall–Kier alpha value is -1.60. The molecule has 0 spiro atoms. The zero-order chi connectivity index (χ0) is 19.2. The molecule has 162 valence electrons. The summed E-state index contributed by atoms with van der Waals surface area (Å²) in [6, 6.07) is 8.02. The van der Waals surface area contributed by atoms with E-state index in [9.17, 15) is 4.79 Å². The molecule has 8 heteroatoms. The van der Waals surface area contributed by atoms with E-state index >= 15 is 0 Å². The molecule has 3 rings (SSSR count). The highest BCUT2D eigenvalue weighted by atomic mass is 35.5. The number of hydrogen-bond acceptors (Lipinski definition) is 4. The van der Waals surface area contributed by atoms with Gasteiger partial charge in [-0.15, -0.1) is 24.8 Å². The summed E-state index contributed by atoms with van der Waals surface area (Å²) in [5, 5.41) is 10.3. The van der Waals surface area contributed by atoms with Gasteiger partial charge in [-0.2, -0.15) is 5.10 Å². The van der Waals surface area contributed by atoms with Crippen LogP contribution in [0.25, 0.3) is 0 Å². The van der Waals surface area contributed by atoms with Crippen molar-refractivity contribution in [2.24, 2.45) is 13.0 Å². The van der Waals surface area contributed by atoms with Gasteiger partial charge in [0, 0.05) is 38.4 Å². The van der Waals surface area contributed by atoms with Crippen molar-refractivity contribution in [1.82, 2.24) is 25.3 Å². The number of nitrogens with one attached hydrogen (secondary N) is 2. The number of likely N-dealkylation sites (tertiary alicyclic amines) is 1. The van der Waals surface area contributed by atoms with Gasteiger partial charge >= 0.3 is 0 Å². The summed E-state index contributed by atoms with van der Waals surface area (Å²) in [7, 11) is 3.65. The molecule has 1 aliphatic heterocycles. The van der Waals surface area contributed by atoms with Gasteiger partial charge in [0.25, 0.3) is 0 Å². The third-order valence-corrected chi connectivity index (χ3v) is 5.32. The first-order valence-corrected chi connectivity index (χ1v) is 9.79. The highest BCUT2D eigenvalue weighted by Gasteiger charge is 2.21. The molecular formula is C21H33Cl2N5O. The van der Waals surface area contributed by atoms with Crippen molar-refractivity contribution in [3.05, 3.63) is 53.3 Å². The fourth-order valence-corrected chi connectivity index (χ4v) is 3.88. The zero-order valence-electron chi connectivity index (χ0n) is 17.4. The van der Waals surface area contributed by atoms with Crippen LogP contribution < -0.4 is 10.6 Å². The number of hydrogen-bond donors (Lipinski definition) is 2. The first-order chi connectivity index (χ1) is 13.1. The topological polar surface area (TPSA) is 62.2 Å². The Labute approximate surface area is 186 Å². The number of carbonyl (C=O) groups excluding carboxylic acids is 1. The van der Waals surface area contributed by atoms with Crippen LogP contribution in [-0.4, -0.2) is 40.7 Å². The highest BCUT2D eigenvalue weighted by Crippen LogP contribution is 2.20. The SMILES string of the molecule is CNC(C(=O)NCc1ccccc1CN1CCCC(C)C1)c1cnn(C)c1.Cl.Cl. The molecule has 2 unspecified atom stereocenters. The van der Waals surface area contributed by atoms with Gasteiger partial charge < -0.3 is 10.6 Å². The van der Waals surface area contributed by atoms with Crippen molar-refractivity contribution in [3.63, 3.8) is 0 Å². The van der Waals surface area contributed by atoms with Gasteiger partial charge in [-0.3, -0.25) is 14.4 Å². The number of aryl methyl sites for hydroxylation is 1. The van der Waals surface area contributed by atoms with E-state index in [2.05, 4.69) is 45.8 Å². The van der Waals surface area contributed by atoms with Crippen LogP contribution in [0.4, 0.5) is 0 Å². The molecule has 1 fully saturated rings. The molecule has 1 aromatic carbocycles. The van der Waals surface area contributed by atoms with Crippen LogP contribution in [-0.2, 0) is 24.9 Å². The molecule has 2 atom stereocenters. The van der Waals surface area contributed by atoms with Gasteiger partial charge in [0.2, 0.25) is 5.91 Å². The summed E-state index contributed by atoms with van der Waals surface area (Å²) < 4.78 is 1.71. The predicted molar refractivity (Wildman–Crippen MR) is 121 cm³/mol. The van der Waals surface area contributed by atoms with E-state index in [1.165, 1.54) is 24.0 Å². The lowest BCUT2D eigenvalue weighted by Crippen LogP contribution is -2.36. The highest BCUT2D eigenvalue weighted by molar-refractivity contribution is 5.85. The fourth-order valence-electron chi connectivity index (χ4n) is 3.88. The number of amides is 1. The van der Waals surface area contributed by atoms with Crippen molar-refractivity contribution >= 4 is 30.7 Å². The normalized spacial score (nSPS) is 17.7. The Bertz CT molecular complexity index is 767. The molecule has 0 radical (unpaired) electrons. The molecule has 6 nitrogen and oxygen atoms in total. The van der Waals surface area contributed by atoms with Crippen molar-refractivity contribution in [2.75, 3.05) is 20.1 Å². The lowest BCUT2D eigenvalue weighted by molar-refractivity contribution is -0.123. The maximum Gasteiger partial charge on any atom is 0.242 e. The van der Waals surface area contributed by atoms with Gasteiger partial charge in [-0.1, -0.05) is 31.2 Å². The maximum atomic E-state index is 12.7. The molecule has 1 saturated heterocycles. The third kappa shape index (κ3) is 7.00. The second-order valence-corrected chi connectivity index (χ2v) is 7.64. The summed E-state index contributed by atoms with van der Waals surface area (Å²) in [5.41, 5.74) is 3.35. The summed E-state index contributed by atoms with van der Waals surface area (Å²) in [5.74, 6) is 0.730. The Morgan fingerprint density at radius 1 is 1.28 bits per heavy atom. The number of likely N-dealkylation sites (N-methyl/N-ethyl adjacent to an activating group) is 1. The largest absolute Gasteiger partial charge is 0.350 e. The van der Waals surface area contributed by atoms with Gasteiger partial charge in [-0.05, 0) is 43.5 Å². The van der Waals surface area contributed by atoms with Crippen LogP contribution in [0.1, 0.15) is 42.5 Å². The molecule has 1 amide bonds. The molecule has 2 heterocycles. The number of nitrogens with zero attached hydrogens (tertiary/aromatic N) is 3. The second-order valence-electron chi connectivity index (χ2n) is 7.64. The standard InChI is InChI=1S/C21H31N5O.2ClH/c1-16-7-6-10-26(13-16)15-18-9-5-4-8-17(18)11-23-21(27)20(22-2)19-12-24-25(3)14-19;;/h4-5,8-9,12,14,16,20,22H,6-7,10-11,13,15H2,1-3H3,(H,23,27);2*1H. The number of aromatic nitrogens is 2. The average molecular weight is 442 g/mol. The number of piperidine rings is 1. The van der Waals surface area contributed by atoms with E-state index in [4.69, 9.17) is 0 Å². The minimum atomic E-state index is -0.395. The molecule has 2 N–H and O–H groups in total. The third-order valence-electron chi connectivity index (χ3n) is 5.32. The van der Waals surface area contributed by atoms with Crippen LogP contribution in [0, 0.1) is 5.92 Å². The molecule has 1 aliphatic rings. The van der Waals surface area contributed by atoms with E-state index < -0.39 is 6.04 Å². The van der Waals surface area contributed by atoms with Crippen LogP contribution in [0.5, 0.6) is 0 Å². The maximum absolute atomic E-state index is 12.7. The smallest absolute Gasteiger partial charge is 0.242 e. The minimum Gasteiger partial charge on any atom is -0.350 e. The summed E-state index contributed by atoms with van der Waals surface area (Å²) in [4.78, 5) is 15.2. The predicted octanol–water partition coefficient (Wildman–Crippen LogP) is 3.07. The second kappa shape index (κ2) is 12.2. The van der Waals surface area contributed by atoms with Crippen LogP contribution in [0.15, 0.2) is 36.7 Å². The molecule has 1 aromatic heterocycles. The number of halogens is 2. The van der Waals surface area contributed by atoms with E-state index in [-0.39, 0.29) is 30.7 Å². The lowest BCUT2D eigenvalue weighted by Gasteiger charge is -2.31. The van der Waals surface area contributed by atoms with Crippen molar-refractivity contribution in [2.45, 2.75) is 38.9 Å². The van der Waals surface area contributed by atoms with E-state index in [1.54, 1.807) is 17.9 Å². The van der Waals surface area contributed by atoms with Gasteiger partial charge in [-0.25, -0.2) is 0 Å². The molecule has 2 aromatic rings. The monoisotopic (exact) mass is 441 g/mol. The lowest BCUT2D eigenvalue weighted by atomic mass is 9.99. The average Bonchev–Trinajstić information content (AvgIpc) is 3.07. The fraction of sp³-hybridized carbons (Fsp3) is 0.524. The molecule has 0 saturated carbocycles. The minimum absolute atomic E-state index is 0. The van der Waals surface area contributed by atoms with Gasteiger partial charge in [0.15, 0.2) is 0 Å². The van der Waals surface area contributed by atoms with Crippen molar-refractivity contribution in [1.29, 1.82) is 0 Å². The molecule has 0 aliphatic carbocycles. The summed E-state index contributed by atoms with van der Waals surface area (Å²) in [6.45, 7) is 6.14. The van der Waals surface area contributed by atoms with E-state index in [0.29, 0.717) is 6.54 Å². The summed E-state index contributed by atoms with van der Waals surface area (Å²) in [6.07, 6.45) is 6.20. The Balaban J connectivity index is 0.00000210. The number of benzene rings is 1. The van der Waals surface area contributed by atoms with Gasteiger partial charge in [0.05, 0.1) is 6.20 Å². The molecule has 0 bridgehead atoms. The van der Waals surface area contributed by atoms with Crippen molar-refractivity contribution < 1.29 is 4.79 Å². The Morgan fingerprint density at radius 2 is 2.00 bits per heavy atom. The Kier molecular flexibility index (Phi) is 10.7. The first-order valence-electron chi connectivity index (χ1n) is 9.79. The first kappa shape index (κ1) is 25.4. The molecule has 29 heavy (non-hydrogen) atoms. The Morgan fingerprint density at radius 3 is 2.62 bits per heavy atom. The van der Waals surface area contributed by atoms with E-state index in [0.717, 1.165) is 31.1 Å². The van der Waals surface area contributed by atoms with Crippen molar-refractivity contribution in [3.8, 4) is 0 Å².